The van der Waals surface area contributed by atoms with Gasteiger partial charge in [-0.3, -0.25) is 9.59 Å². The molecule has 0 amide bonds. The Labute approximate surface area is 130 Å². The van der Waals surface area contributed by atoms with Gasteiger partial charge in [0.25, 0.3) is 5.56 Å². The van der Waals surface area contributed by atoms with Gasteiger partial charge < -0.3 is 10.1 Å². The third kappa shape index (κ3) is 2.55. The number of aromatic nitrogens is 1. The van der Waals surface area contributed by atoms with Crippen molar-refractivity contribution in [3.8, 4) is 0 Å². The first kappa shape index (κ1) is 14.5. The molecule has 1 aliphatic carbocycles. The quantitative estimate of drug-likeness (QED) is 0.891. The zero-order valence-electron chi connectivity index (χ0n) is 11.4. The van der Waals surface area contributed by atoms with Gasteiger partial charge in [0.05, 0.1) is 0 Å². The van der Waals surface area contributed by atoms with Gasteiger partial charge in [-0.1, -0.05) is 23.7 Å². The predicted octanol–water partition coefficient (Wildman–Crippen LogP) is 2.64. The van der Waals surface area contributed by atoms with E-state index in [1.54, 1.807) is 12.1 Å². The Morgan fingerprint density at radius 1 is 1.18 bits per heavy atom. The maximum absolute atomic E-state index is 12.3. The predicted molar refractivity (Wildman–Crippen MR) is 80.9 cm³/mol. The van der Waals surface area contributed by atoms with E-state index in [0.717, 1.165) is 5.56 Å². The molecule has 22 heavy (non-hydrogen) atoms. The van der Waals surface area contributed by atoms with Crippen LogP contribution >= 0.6 is 11.6 Å². The average molecular weight is 318 g/mol. The standard InChI is InChI=1S/C16H12ClNO4/c17-10-3-1-8(2-4-10)9-5-13-11(14(19)6-9)7-12(16(21)22)15(20)18-13/h1-4,7,9H,5-6H2,(H,18,20)(H,21,22). The molecular formula is C16H12ClNO4. The summed E-state index contributed by atoms with van der Waals surface area (Å²) in [5, 5.41) is 9.58. The second kappa shape index (κ2) is 5.42. The van der Waals surface area contributed by atoms with Crippen LogP contribution in [0.2, 0.25) is 5.02 Å². The number of rotatable bonds is 2. The van der Waals surface area contributed by atoms with E-state index in [-0.39, 0.29) is 18.1 Å². The fourth-order valence-corrected chi connectivity index (χ4v) is 2.89. The van der Waals surface area contributed by atoms with Gasteiger partial charge in [-0.25, -0.2) is 4.79 Å². The molecular weight excluding hydrogens is 306 g/mol. The smallest absolute Gasteiger partial charge is 0.341 e. The summed E-state index contributed by atoms with van der Waals surface area (Å²) in [4.78, 5) is 37.6. The number of carbonyl (C=O) groups is 2. The van der Waals surface area contributed by atoms with Crippen LogP contribution in [0, 0.1) is 0 Å². The van der Waals surface area contributed by atoms with Gasteiger partial charge in [0.2, 0.25) is 0 Å². The first-order valence-corrected chi connectivity index (χ1v) is 7.11. The summed E-state index contributed by atoms with van der Waals surface area (Å²) in [5.74, 6) is -1.56. The normalized spacial score (nSPS) is 17.1. The van der Waals surface area contributed by atoms with Crippen molar-refractivity contribution in [1.82, 2.24) is 4.98 Å². The minimum atomic E-state index is -1.34. The largest absolute Gasteiger partial charge is 0.477 e. The maximum Gasteiger partial charge on any atom is 0.341 e. The molecule has 0 fully saturated rings. The second-order valence-electron chi connectivity index (χ2n) is 5.29. The summed E-state index contributed by atoms with van der Waals surface area (Å²) in [6, 6.07) is 8.40. The number of Topliss-reactive ketones (excluding diaryl/α,β-unsaturated/α-hetero) is 1. The van der Waals surface area contributed by atoms with E-state index in [0.29, 0.717) is 22.7 Å². The van der Waals surface area contributed by atoms with Crippen molar-refractivity contribution in [3.05, 3.63) is 68.1 Å². The highest BCUT2D eigenvalue weighted by Gasteiger charge is 2.28. The number of pyridine rings is 1. The summed E-state index contributed by atoms with van der Waals surface area (Å²) >= 11 is 5.86. The summed E-state index contributed by atoms with van der Waals surface area (Å²) in [5.41, 5.74) is 0.660. The Morgan fingerprint density at radius 2 is 1.86 bits per heavy atom. The van der Waals surface area contributed by atoms with E-state index in [2.05, 4.69) is 4.98 Å². The summed E-state index contributed by atoms with van der Waals surface area (Å²) < 4.78 is 0. The lowest BCUT2D eigenvalue weighted by molar-refractivity contribution is 0.0695. The number of ketones is 1. The van der Waals surface area contributed by atoms with Gasteiger partial charge in [0.1, 0.15) is 5.56 Å². The molecule has 1 atom stereocenters. The Hall–Kier alpha value is -2.40. The van der Waals surface area contributed by atoms with Crippen LogP contribution in [-0.4, -0.2) is 21.8 Å². The van der Waals surface area contributed by atoms with Crippen LogP contribution in [0.3, 0.4) is 0 Å². The lowest BCUT2D eigenvalue weighted by Crippen LogP contribution is -2.27. The van der Waals surface area contributed by atoms with Crippen LogP contribution in [0.15, 0.2) is 35.1 Å². The minimum absolute atomic E-state index is 0.0522. The highest BCUT2D eigenvalue weighted by Crippen LogP contribution is 2.32. The van der Waals surface area contributed by atoms with Crippen LogP contribution in [0.5, 0.6) is 0 Å². The number of aromatic carboxylic acids is 1. The zero-order chi connectivity index (χ0) is 15.9. The molecule has 0 saturated heterocycles. The zero-order valence-corrected chi connectivity index (χ0v) is 12.2. The number of carboxylic acid groups (broad SMARTS) is 1. The minimum Gasteiger partial charge on any atom is -0.477 e. The number of fused-ring (bicyclic) bond motifs is 1. The molecule has 6 heteroatoms. The van der Waals surface area contributed by atoms with Gasteiger partial charge >= 0.3 is 5.97 Å². The molecule has 0 spiro atoms. The Bertz CT molecular complexity index is 823. The number of halogens is 1. The molecule has 2 aromatic rings. The van der Waals surface area contributed by atoms with Crippen LogP contribution in [-0.2, 0) is 6.42 Å². The lowest BCUT2D eigenvalue weighted by atomic mass is 9.81. The maximum atomic E-state index is 12.3. The molecule has 5 nitrogen and oxygen atoms in total. The van der Waals surface area contributed by atoms with Crippen LogP contribution in [0.1, 0.15) is 44.3 Å². The van der Waals surface area contributed by atoms with E-state index in [1.807, 2.05) is 12.1 Å². The van der Waals surface area contributed by atoms with Gasteiger partial charge in [-0.05, 0) is 36.1 Å². The highest BCUT2D eigenvalue weighted by molar-refractivity contribution is 6.30. The highest BCUT2D eigenvalue weighted by atomic mass is 35.5. The molecule has 1 aromatic carbocycles. The fourth-order valence-electron chi connectivity index (χ4n) is 2.76. The van der Waals surface area contributed by atoms with Crippen LogP contribution < -0.4 is 5.56 Å². The SMILES string of the molecule is O=C1CC(c2ccc(Cl)cc2)Cc2[nH]c(=O)c(C(=O)O)cc21. The van der Waals surface area contributed by atoms with Gasteiger partial charge in [-0.2, -0.15) is 0 Å². The van der Waals surface area contributed by atoms with Gasteiger partial charge in [-0.15, -0.1) is 0 Å². The van der Waals surface area contributed by atoms with E-state index in [9.17, 15) is 14.4 Å². The topological polar surface area (TPSA) is 87.2 Å². The summed E-state index contributed by atoms with van der Waals surface area (Å²) in [7, 11) is 0. The Balaban J connectivity index is 2.01. The molecule has 0 aliphatic heterocycles. The molecule has 3 rings (SSSR count). The van der Waals surface area contributed by atoms with Gasteiger partial charge in [0.15, 0.2) is 5.78 Å². The number of hydrogen-bond donors (Lipinski definition) is 2. The number of hydrogen-bond acceptors (Lipinski definition) is 3. The Morgan fingerprint density at radius 3 is 2.50 bits per heavy atom. The molecule has 0 bridgehead atoms. The van der Waals surface area contributed by atoms with E-state index in [1.165, 1.54) is 6.07 Å². The first-order chi connectivity index (χ1) is 10.5. The van der Waals surface area contributed by atoms with Gasteiger partial charge in [0, 0.05) is 22.7 Å². The number of carbonyl (C=O) groups excluding carboxylic acids is 1. The Kier molecular flexibility index (Phi) is 3.58. The second-order valence-corrected chi connectivity index (χ2v) is 5.73. The van der Waals surface area contributed by atoms with E-state index >= 15 is 0 Å². The number of aromatic amines is 1. The average Bonchev–Trinajstić information content (AvgIpc) is 2.46. The van der Waals surface area contributed by atoms with Crippen molar-refractivity contribution in [2.45, 2.75) is 18.8 Å². The molecule has 112 valence electrons. The monoisotopic (exact) mass is 317 g/mol. The molecule has 1 heterocycles. The third-order valence-electron chi connectivity index (χ3n) is 3.88. The lowest BCUT2D eigenvalue weighted by Gasteiger charge is -2.23. The van der Waals surface area contributed by atoms with Crippen molar-refractivity contribution in [2.75, 3.05) is 0 Å². The number of nitrogens with one attached hydrogen (secondary N) is 1. The van der Waals surface area contributed by atoms with Crippen molar-refractivity contribution in [1.29, 1.82) is 0 Å². The third-order valence-corrected chi connectivity index (χ3v) is 4.13. The summed E-state index contributed by atoms with van der Waals surface area (Å²) in [6.45, 7) is 0. The van der Waals surface area contributed by atoms with Crippen molar-refractivity contribution < 1.29 is 14.7 Å². The number of H-pyrrole nitrogens is 1. The molecule has 1 aliphatic rings. The van der Waals surface area contributed by atoms with Crippen LogP contribution in [0.25, 0.3) is 0 Å². The van der Waals surface area contributed by atoms with Crippen molar-refractivity contribution in [3.63, 3.8) is 0 Å². The number of carboxylic acids is 1. The molecule has 1 unspecified atom stereocenters. The molecule has 0 saturated carbocycles. The van der Waals surface area contributed by atoms with E-state index < -0.39 is 17.1 Å². The first-order valence-electron chi connectivity index (χ1n) is 6.74. The molecule has 2 N–H and O–H groups in total. The van der Waals surface area contributed by atoms with Crippen molar-refractivity contribution in [2.24, 2.45) is 0 Å². The fraction of sp³-hybridized carbons (Fsp3) is 0.188. The van der Waals surface area contributed by atoms with Crippen molar-refractivity contribution >= 4 is 23.4 Å². The van der Waals surface area contributed by atoms with E-state index in [4.69, 9.17) is 16.7 Å². The molecule has 1 aromatic heterocycles. The van der Waals surface area contributed by atoms with Crippen LogP contribution in [0.4, 0.5) is 0 Å². The molecule has 0 radical (unpaired) electrons. The number of benzene rings is 1. The summed E-state index contributed by atoms with van der Waals surface area (Å²) in [6.07, 6.45) is 0.761.